The van der Waals surface area contributed by atoms with Crippen LogP contribution >= 0.6 is 11.8 Å². The smallest absolute Gasteiger partial charge is 0.408 e. The van der Waals surface area contributed by atoms with Crippen LogP contribution in [0.25, 0.3) is 0 Å². The van der Waals surface area contributed by atoms with E-state index in [-0.39, 0.29) is 17.6 Å². The number of ketones is 1. The highest BCUT2D eigenvalue weighted by molar-refractivity contribution is 8.07. The van der Waals surface area contributed by atoms with Gasteiger partial charge in [0.15, 0.2) is 5.78 Å². The van der Waals surface area contributed by atoms with Crippen molar-refractivity contribution in [1.29, 1.82) is 0 Å². The van der Waals surface area contributed by atoms with Crippen LogP contribution < -0.4 is 5.32 Å². The Morgan fingerprint density at radius 2 is 2.11 bits per heavy atom. The van der Waals surface area contributed by atoms with E-state index in [0.29, 0.717) is 6.42 Å². The molecule has 1 aromatic carbocycles. The predicted octanol–water partition coefficient (Wildman–Crippen LogP) is 2.38. The third kappa shape index (κ3) is 4.28. The minimum absolute atomic E-state index is 0.0689. The summed E-state index contributed by atoms with van der Waals surface area (Å²) in [4.78, 5) is 23.5. The van der Waals surface area contributed by atoms with Crippen molar-refractivity contribution in [2.24, 2.45) is 0 Å². The van der Waals surface area contributed by atoms with E-state index < -0.39 is 12.1 Å². The lowest BCUT2D eigenvalue weighted by molar-refractivity contribution is -0.119. The summed E-state index contributed by atoms with van der Waals surface area (Å²) < 4.78 is 5.10. The van der Waals surface area contributed by atoms with Crippen molar-refractivity contribution in [3.05, 3.63) is 35.9 Å². The van der Waals surface area contributed by atoms with Crippen molar-refractivity contribution in [3.63, 3.8) is 0 Å². The van der Waals surface area contributed by atoms with Gasteiger partial charge in [0.1, 0.15) is 6.61 Å². The quantitative estimate of drug-likeness (QED) is 0.812. The van der Waals surface area contributed by atoms with E-state index in [1.807, 2.05) is 37.3 Å². The number of rotatable bonds is 6. The Morgan fingerprint density at radius 3 is 2.68 bits per heavy atom. The predicted molar refractivity (Wildman–Crippen MR) is 75.1 cm³/mol. The summed E-state index contributed by atoms with van der Waals surface area (Å²) in [5.74, 6) is 0.972. The average molecular weight is 279 g/mol. The number of amides is 1. The zero-order valence-corrected chi connectivity index (χ0v) is 11.6. The van der Waals surface area contributed by atoms with E-state index >= 15 is 0 Å². The molecule has 1 aromatic rings. The van der Waals surface area contributed by atoms with Crippen molar-refractivity contribution >= 4 is 23.6 Å². The van der Waals surface area contributed by atoms with Crippen LogP contribution in [-0.4, -0.2) is 28.9 Å². The largest absolute Gasteiger partial charge is 0.445 e. The molecule has 5 heteroatoms. The fourth-order valence-electron chi connectivity index (χ4n) is 1.72. The second kappa shape index (κ2) is 6.61. The van der Waals surface area contributed by atoms with Crippen LogP contribution in [0.4, 0.5) is 4.79 Å². The number of hydrogen-bond donors (Lipinski definition) is 1. The molecule has 0 saturated carbocycles. The molecule has 19 heavy (non-hydrogen) atoms. The third-order valence-corrected chi connectivity index (χ3v) is 3.81. The molecule has 1 N–H and O–H groups in total. The third-order valence-electron chi connectivity index (χ3n) is 2.91. The standard InChI is InChI=1S/C14H17NO3S/c1-2-11(13(16)12-9-19-12)15-14(17)18-8-10-6-4-3-5-7-10/h3-7,11-12H,2,8-9H2,1H3,(H,15,17)/t11-,12?/m0/s1. The maximum atomic E-state index is 11.9. The fraction of sp³-hybridized carbons (Fsp3) is 0.429. The molecule has 0 spiro atoms. The zero-order valence-electron chi connectivity index (χ0n) is 10.8. The van der Waals surface area contributed by atoms with E-state index in [2.05, 4.69) is 5.32 Å². The molecule has 1 aliphatic heterocycles. The first-order valence-electron chi connectivity index (χ1n) is 6.33. The molecule has 4 nitrogen and oxygen atoms in total. The molecule has 1 amide bonds. The molecular weight excluding hydrogens is 262 g/mol. The number of alkyl carbamates (subject to hydrolysis) is 1. The lowest BCUT2D eigenvalue weighted by atomic mass is 10.1. The summed E-state index contributed by atoms with van der Waals surface area (Å²) in [6.45, 7) is 2.10. The summed E-state index contributed by atoms with van der Waals surface area (Å²) in [6, 6.07) is 9.03. The van der Waals surface area contributed by atoms with Crippen LogP contribution in [0.2, 0.25) is 0 Å². The van der Waals surface area contributed by atoms with E-state index in [4.69, 9.17) is 4.74 Å². The van der Waals surface area contributed by atoms with Crippen molar-refractivity contribution in [2.45, 2.75) is 31.2 Å². The number of carbonyl (C=O) groups excluding carboxylic acids is 2. The maximum Gasteiger partial charge on any atom is 0.408 e. The highest BCUT2D eigenvalue weighted by atomic mass is 32.2. The molecule has 0 aliphatic carbocycles. The normalized spacial score (nSPS) is 18.5. The van der Waals surface area contributed by atoms with Gasteiger partial charge in [0.2, 0.25) is 0 Å². The van der Waals surface area contributed by atoms with E-state index in [1.165, 1.54) is 0 Å². The molecule has 1 heterocycles. The number of carbonyl (C=O) groups is 2. The molecule has 1 fully saturated rings. The van der Waals surface area contributed by atoms with Gasteiger partial charge in [-0.1, -0.05) is 37.3 Å². The number of thioether (sulfide) groups is 1. The van der Waals surface area contributed by atoms with Gasteiger partial charge in [0.25, 0.3) is 0 Å². The van der Waals surface area contributed by atoms with Crippen molar-refractivity contribution in [2.75, 3.05) is 5.75 Å². The first kappa shape index (κ1) is 13.9. The molecule has 0 aromatic heterocycles. The van der Waals surface area contributed by atoms with E-state index in [9.17, 15) is 9.59 Å². The average Bonchev–Trinajstić information content (AvgIpc) is 3.27. The second-order valence-corrected chi connectivity index (χ2v) is 5.63. The van der Waals surface area contributed by atoms with Crippen molar-refractivity contribution in [1.82, 2.24) is 5.32 Å². The molecule has 2 atom stereocenters. The van der Waals surface area contributed by atoms with Gasteiger partial charge in [-0.05, 0) is 12.0 Å². The minimum Gasteiger partial charge on any atom is -0.445 e. The monoisotopic (exact) mass is 279 g/mol. The number of nitrogens with one attached hydrogen (secondary N) is 1. The van der Waals surface area contributed by atoms with Crippen LogP contribution in [0, 0.1) is 0 Å². The molecule has 1 saturated heterocycles. The molecule has 1 unspecified atom stereocenters. The molecule has 102 valence electrons. The first-order chi connectivity index (χ1) is 9.20. The molecule has 1 aliphatic rings. The van der Waals surface area contributed by atoms with Crippen LogP contribution in [-0.2, 0) is 16.1 Å². The van der Waals surface area contributed by atoms with Gasteiger partial charge in [0, 0.05) is 5.75 Å². The van der Waals surface area contributed by atoms with Crippen LogP contribution in [0.5, 0.6) is 0 Å². The molecule has 0 radical (unpaired) electrons. The highest BCUT2D eigenvalue weighted by Crippen LogP contribution is 2.32. The molecular formula is C14H17NO3S. The Balaban J connectivity index is 1.78. The molecule has 2 rings (SSSR count). The van der Waals surface area contributed by atoms with Gasteiger partial charge in [-0.25, -0.2) is 4.79 Å². The number of Topliss-reactive ketones (excluding diaryl/α,β-unsaturated/α-hetero) is 1. The summed E-state index contributed by atoms with van der Waals surface area (Å²) in [6.07, 6.45) is 0.0609. The lowest BCUT2D eigenvalue weighted by Crippen LogP contribution is -2.42. The lowest BCUT2D eigenvalue weighted by Gasteiger charge is -2.15. The summed E-state index contributed by atoms with van der Waals surface area (Å²) in [5.41, 5.74) is 0.926. The van der Waals surface area contributed by atoms with Gasteiger partial charge in [-0.2, -0.15) is 0 Å². The van der Waals surface area contributed by atoms with Crippen LogP contribution in [0.1, 0.15) is 18.9 Å². The maximum absolute atomic E-state index is 11.9. The Bertz CT molecular complexity index is 445. The van der Waals surface area contributed by atoms with E-state index in [0.717, 1.165) is 11.3 Å². The fourth-order valence-corrected chi connectivity index (χ4v) is 2.31. The SMILES string of the molecule is CC[C@H](NC(=O)OCc1ccccc1)C(=O)C1CS1. The minimum atomic E-state index is -0.533. The number of ether oxygens (including phenoxy) is 1. The Kier molecular flexibility index (Phi) is 4.85. The number of hydrogen-bond acceptors (Lipinski definition) is 4. The number of benzene rings is 1. The Hall–Kier alpha value is -1.49. The van der Waals surface area contributed by atoms with Gasteiger partial charge < -0.3 is 10.1 Å². The summed E-state index contributed by atoms with van der Waals surface area (Å²) >= 11 is 1.62. The Morgan fingerprint density at radius 1 is 1.42 bits per heavy atom. The van der Waals surface area contributed by atoms with Crippen molar-refractivity contribution < 1.29 is 14.3 Å². The summed E-state index contributed by atoms with van der Waals surface area (Å²) in [7, 11) is 0. The summed E-state index contributed by atoms with van der Waals surface area (Å²) in [5, 5.41) is 2.70. The highest BCUT2D eigenvalue weighted by Gasteiger charge is 2.35. The van der Waals surface area contributed by atoms with Crippen molar-refractivity contribution in [3.8, 4) is 0 Å². The van der Waals surface area contributed by atoms with Gasteiger partial charge in [0.05, 0.1) is 11.3 Å². The van der Waals surface area contributed by atoms with E-state index in [1.54, 1.807) is 11.8 Å². The van der Waals surface area contributed by atoms with Gasteiger partial charge >= 0.3 is 6.09 Å². The van der Waals surface area contributed by atoms with Crippen LogP contribution in [0.15, 0.2) is 30.3 Å². The van der Waals surface area contributed by atoms with Gasteiger partial charge in [-0.3, -0.25) is 4.79 Å². The topological polar surface area (TPSA) is 55.4 Å². The van der Waals surface area contributed by atoms with Gasteiger partial charge in [-0.15, -0.1) is 11.8 Å². The zero-order chi connectivity index (χ0) is 13.7. The first-order valence-corrected chi connectivity index (χ1v) is 7.38. The Labute approximate surface area is 116 Å². The molecule has 0 bridgehead atoms. The van der Waals surface area contributed by atoms with Crippen LogP contribution in [0.3, 0.4) is 0 Å². The second-order valence-electron chi connectivity index (χ2n) is 4.39.